The highest BCUT2D eigenvalue weighted by Crippen LogP contribution is 2.17. The van der Waals surface area contributed by atoms with E-state index in [4.69, 9.17) is 4.74 Å². The predicted molar refractivity (Wildman–Crippen MR) is 67.9 cm³/mol. The van der Waals surface area contributed by atoms with Crippen molar-refractivity contribution in [2.45, 2.75) is 51.8 Å². The molecule has 17 heavy (non-hydrogen) atoms. The van der Waals surface area contributed by atoms with Gasteiger partial charge in [-0.3, -0.25) is 4.68 Å². The quantitative estimate of drug-likeness (QED) is 0.821. The number of ether oxygens (including phenoxy) is 1. The Morgan fingerprint density at radius 1 is 1.59 bits per heavy atom. The van der Waals surface area contributed by atoms with Gasteiger partial charge in [0.1, 0.15) is 0 Å². The highest BCUT2D eigenvalue weighted by atomic mass is 16.5. The maximum Gasteiger partial charge on any atom is 0.0576 e. The summed E-state index contributed by atoms with van der Waals surface area (Å²) < 4.78 is 7.74. The molecule has 4 nitrogen and oxygen atoms in total. The van der Waals surface area contributed by atoms with Gasteiger partial charge in [-0.25, -0.2) is 0 Å². The average molecular weight is 237 g/mol. The molecule has 1 unspecified atom stereocenters. The van der Waals surface area contributed by atoms with Crippen LogP contribution in [0.3, 0.4) is 0 Å². The van der Waals surface area contributed by atoms with E-state index in [1.165, 1.54) is 30.5 Å². The van der Waals surface area contributed by atoms with Gasteiger partial charge in [0.15, 0.2) is 0 Å². The lowest BCUT2D eigenvalue weighted by Crippen LogP contribution is -2.10. The summed E-state index contributed by atoms with van der Waals surface area (Å²) >= 11 is 0. The Kier molecular flexibility index (Phi) is 4.57. The summed E-state index contributed by atoms with van der Waals surface area (Å²) in [6.07, 6.45) is 7.27. The number of nitrogens with one attached hydrogen (secondary N) is 1. The largest absolute Gasteiger partial charge is 0.378 e. The van der Waals surface area contributed by atoms with Crippen LogP contribution in [0.25, 0.3) is 0 Å². The van der Waals surface area contributed by atoms with Crippen LogP contribution < -0.4 is 5.32 Å². The maximum absolute atomic E-state index is 5.63. The molecule has 0 bridgehead atoms. The molecule has 0 aromatic carbocycles. The van der Waals surface area contributed by atoms with Gasteiger partial charge in [0.05, 0.1) is 12.3 Å². The molecule has 4 heteroatoms. The highest BCUT2D eigenvalue weighted by Gasteiger charge is 2.15. The molecule has 0 spiro atoms. The first-order valence-electron chi connectivity index (χ1n) is 6.58. The van der Waals surface area contributed by atoms with Crippen LogP contribution in [0.1, 0.15) is 36.9 Å². The predicted octanol–water partition coefficient (Wildman–Crippen LogP) is 1.87. The molecule has 0 saturated carbocycles. The first-order valence-corrected chi connectivity index (χ1v) is 6.58. The molecule has 2 rings (SSSR count). The zero-order chi connectivity index (χ0) is 12.1. The van der Waals surface area contributed by atoms with E-state index >= 15 is 0 Å². The second kappa shape index (κ2) is 6.17. The summed E-state index contributed by atoms with van der Waals surface area (Å²) in [7, 11) is 1.97. The minimum absolute atomic E-state index is 0.502. The lowest BCUT2D eigenvalue weighted by Gasteiger charge is -2.10. The van der Waals surface area contributed by atoms with E-state index in [1.807, 2.05) is 13.2 Å². The van der Waals surface area contributed by atoms with E-state index in [9.17, 15) is 0 Å². The van der Waals surface area contributed by atoms with Crippen molar-refractivity contribution in [3.05, 3.63) is 17.5 Å². The van der Waals surface area contributed by atoms with E-state index in [0.29, 0.717) is 6.10 Å². The third-order valence-corrected chi connectivity index (χ3v) is 3.49. The number of hydrogen-bond donors (Lipinski definition) is 1. The molecule has 1 fully saturated rings. The van der Waals surface area contributed by atoms with E-state index in [1.54, 1.807) is 0 Å². The molecule has 1 aliphatic rings. The van der Waals surface area contributed by atoms with Crippen molar-refractivity contribution in [2.75, 3.05) is 13.7 Å². The Morgan fingerprint density at radius 3 is 3.18 bits per heavy atom. The van der Waals surface area contributed by atoms with Crippen LogP contribution in [0.5, 0.6) is 0 Å². The van der Waals surface area contributed by atoms with Crippen LogP contribution in [0.15, 0.2) is 6.20 Å². The first-order chi connectivity index (χ1) is 8.31. The van der Waals surface area contributed by atoms with Gasteiger partial charge in [0, 0.05) is 31.0 Å². The molecule has 0 aliphatic carbocycles. The molecule has 1 atom stereocenters. The lowest BCUT2D eigenvalue weighted by atomic mass is 10.1. The third kappa shape index (κ3) is 3.30. The molecular formula is C13H23N3O. The zero-order valence-electron chi connectivity index (χ0n) is 10.9. The monoisotopic (exact) mass is 237 g/mol. The van der Waals surface area contributed by atoms with Crippen molar-refractivity contribution >= 4 is 0 Å². The summed E-state index contributed by atoms with van der Waals surface area (Å²) in [5.74, 6) is 0. The lowest BCUT2D eigenvalue weighted by molar-refractivity contribution is 0.101. The SMILES string of the molecule is CNCc1cnn(CCCC2CCCO2)c1C. The Bertz CT molecular complexity index is 342. The van der Waals surface area contributed by atoms with Crippen molar-refractivity contribution in [1.29, 1.82) is 0 Å². The standard InChI is InChI=1S/C13H23N3O/c1-11-12(9-14-2)10-15-16(11)7-3-5-13-6-4-8-17-13/h10,13-14H,3-9H2,1-2H3. The fourth-order valence-corrected chi connectivity index (χ4v) is 2.42. The minimum atomic E-state index is 0.502. The van der Waals surface area contributed by atoms with Gasteiger partial charge < -0.3 is 10.1 Å². The Labute approximate surface area is 103 Å². The van der Waals surface area contributed by atoms with Gasteiger partial charge in [-0.2, -0.15) is 5.10 Å². The van der Waals surface area contributed by atoms with Crippen LogP contribution >= 0.6 is 0 Å². The highest BCUT2D eigenvalue weighted by molar-refractivity contribution is 5.15. The zero-order valence-corrected chi connectivity index (χ0v) is 10.9. The molecule has 0 amide bonds. The molecule has 1 aliphatic heterocycles. The molecule has 1 N–H and O–H groups in total. The number of aromatic nitrogens is 2. The fourth-order valence-electron chi connectivity index (χ4n) is 2.42. The van der Waals surface area contributed by atoms with E-state index < -0.39 is 0 Å². The van der Waals surface area contributed by atoms with Gasteiger partial charge in [0.25, 0.3) is 0 Å². The third-order valence-electron chi connectivity index (χ3n) is 3.49. The number of aryl methyl sites for hydroxylation is 1. The second-order valence-corrected chi connectivity index (χ2v) is 4.79. The summed E-state index contributed by atoms with van der Waals surface area (Å²) in [6.45, 7) is 5.01. The molecule has 96 valence electrons. The van der Waals surface area contributed by atoms with Gasteiger partial charge in [-0.05, 0) is 39.7 Å². The van der Waals surface area contributed by atoms with Gasteiger partial charge >= 0.3 is 0 Å². The number of rotatable bonds is 6. The molecule has 1 aromatic heterocycles. The van der Waals surface area contributed by atoms with Gasteiger partial charge in [-0.15, -0.1) is 0 Å². The van der Waals surface area contributed by atoms with Crippen molar-refractivity contribution in [3.63, 3.8) is 0 Å². The molecule has 1 saturated heterocycles. The van der Waals surface area contributed by atoms with Crippen LogP contribution in [0.4, 0.5) is 0 Å². The Morgan fingerprint density at radius 2 is 2.47 bits per heavy atom. The summed E-state index contributed by atoms with van der Waals surface area (Å²) in [5, 5.41) is 7.60. The normalized spacial score (nSPS) is 20.0. The topological polar surface area (TPSA) is 39.1 Å². The minimum Gasteiger partial charge on any atom is -0.378 e. The first kappa shape index (κ1) is 12.6. The number of nitrogens with zero attached hydrogens (tertiary/aromatic N) is 2. The van der Waals surface area contributed by atoms with E-state index in [-0.39, 0.29) is 0 Å². The Balaban J connectivity index is 1.78. The van der Waals surface area contributed by atoms with Gasteiger partial charge in [0.2, 0.25) is 0 Å². The average Bonchev–Trinajstić information content (AvgIpc) is 2.94. The van der Waals surface area contributed by atoms with Crippen molar-refractivity contribution in [3.8, 4) is 0 Å². The van der Waals surface area contributed by atoms with Gasteiger partial charge in [-0.1, -0.05) is 0 Å². The fraction of sp³-hybridized carbons (Fsp3) is 0.769. The molecule has 0 radical (unpaired) electrons. The Hall–Kier alpha value is -0.870. The van der Waals surface area contributed by atoms with Crippen LogP contribution in [0.2, 0.25) is 0 Å². The summed E-state index contributed by atoms with van der Waals surface area (Å²) in [6, 6.07) is 0. The maximum atomic E-state index is 5.63. The summed E-state index contributed by atoms with van der Waals surface area (Å²) in [4.78, 5) is 0. The van der Waals surface area contributed by atoms with E-state index in [2.05, 4.69) is 22.0 Å². The van der Waals surface area contributed by atoms with Crippen LogP contribution in [0, 0.1) is 6.92 Å². The van der Waals surface area contributed by atoms with Crippen molar-refractivity contribution in [1.82, 2.24) is 15.1 Å². The smallest absolute Gasteiger partial charge is 0.0576 e. The molecular weight excluding hydrogens is 214 g/mol. The number of hydrogen-bond acceptors (Lipinski definition) is 3. The van der Waals surface area contributed by atoms with Crippen LogP contribution in [-0.2, 0) is 17.8 Å². The molecule has 2 heterocycles. The molecule has 1 aromatic rings. The van der Waals surface area contributed by atoms with Crippen LogP contribution in [-0.4, -0.2) is 29.5 Å². The second-order valence-electron chi connectivity index (χ2n) is 4.79. The van der Waals surface area contributed by atoms with Crippen molar-refractivity contribution in [2.24, 2.45) is 0 Å². The summed E-state index contributed by atoms with van der Waals surface area (Å²) in [5.41, 5.74) is 2.58. The van der Waals surface area contributed by atoms with Crippen molar-refractivity contribution < 1.29 is 4.74 Å². The van der Waals surface area contributed by atoms with E-state index in [0.717, 1.165) is 26.1 Å².